The lowest BCUT2D eigenvalue weighted by molar-refractivity contribution is 0.393. The number of hydrogen-bond acceptors (Lipinski definition) is 2. The number of nitrogens with one attached hydrogen (secondary N) is 2. The lowest BCUT2D eigenvalue weighted by Gasteiger charge is -2.24. The van der Waals surface area contributed by atoms with Gasteiger partial charge in [0.25, 0.3) is 0 Å². The molecule has 1 aliphatic rings. The number of anilines is 1. The predicted molar refractivity (Wildman–Crippen MR) is 75.0 cm³/mol. The molecule has 0 saturated carbocycles. The summed E-state index contributed by atoms with van der Waals surface area (Å²) in [6.45, 7) is 7.59. The normalized spacial score (nSPS) is 20.3. The minimum atomic E-state index is 0.748. The van der Waals surface area contributed by atoms with Crippen molar-refractivity contribution in [3.8, 4) is 0 Å². The molecule has 0 spiro atoms. The third kappa shape index (κ3) is 3.36. The van der Waals surface area contributed by atoms with Crippen LogP contribution in [-0.2, 0) is 0 Å². The van der Waals surface area contributed by atoms with Gasteiger partial charge in [-0.15, -0.1) is 0 Å². The van der Waals surface area contributed by atoms with Crippen LogP contribution >= 0.6 is 11.6 Å². The highest BCUT2D eigenvalue weighted by Crippen LogP contribution is 2.25. The van der Waals surface area contributed by atoms with Crippen molar-refractivity contribution in [2.45, 2.75) is 26.7 Å². The van der Waals surface area contributed by atoms with Crippen molar-refractivity contribution in [3.05, 3.63) is 28.3 Å². The summed E-state index contributed by atoms with van der Waals surface area (Å²) >= 11 is 6.03. The maximum absolute atomic E-state index is 6.03. The van der Waals surface area contributed by atoms with Crippen molar-refractivity contribution < 1.29 is 0 Å². The lowest BCUT2D eigenvalue weighted by atomic mass is 9.99. The van der Waals surface area contributed by atoms with Crippen LogP contribution in [0.1, 0.15) is 24.0 Å². The fourth-order valence-corrected chi connectivity index (χ4v) is 2.86. The van der Waals surface area contributed by atoms with Gasteiger partial charge in [0.05, 0.1) is 0 Å². The Labute approximate surface area is 109 Å². The minimum absolute atomic E-state index is 0.748. The van der Waals surface area contributed by atoms with E-state index in [1.807, 2.05) is 12.1 Å². The zero-order chi connectivity index (χ0) is 12.3. The molecule has 2 nitrogen and oxygen atoms in total. The molecule has 1 aromatic carbocycles. The highest BCUT2D eigenvalue weighted by molar-refractivity contribution is 6.30. The Morgan fingerprint density at radius 3 is 2.65 bits per heavy atom. The SMILES string of the molecule is Cc1cc(Cl)cc(C)c1NCC1CCCNC1. The van der Waals surface area contributed by atoms with Crippen molar-refractivity contribution in [1.82, 2.24) is 5.32 Å². The average molecular weight is 253 g/mol. The van der Waals surface area contributed by atoms with Crippen LogP contribution in [0.15, 0.2) is 12.1 Å². The maximum atomic E-state index is 6.03. The molecular weight excluding hydrogens is 232 g/mol. The summed E-state index contributed by atoms with van der Waals surface area (Å²) in [4.78, 5) is 0. The van der Waals surface area contributed by atoms with Gasteiger partial charge in [0, 0.05) is 17.3 Å². The van der Waals surface area contributed by atoms with Crippen molar-refractivity contribution in [2.24, 2.45) is 5.92 Å². The number of halogens is 1. The number of piperidine rings is 1. The lowest BCUT2D eigenvalue weighted by Crippen LogP contribution is -2.33. The minimum Gasteiger partial charge on any atom is -0.384 e. The van der Waals surface area contributed by atoms with Crippen LogP contribution in [0.25, 0.3) is 0 Å². The predicted octanol–water partition coefficient (Wildman–Crippen LogP) is 3.37. The molecule has 0 radical (unpaired) electrons. The molecule has 17 heavy (non-hydrogen) atoms. The summed E-state index contributed by atoms with van der Waals surface area (Å²) in [5, 5.41) is 7.85. The summed E-state index contributed by atoms with van der Waals surface area (Å²) in [5.74, 6) is 0.748. The van der Waals surface area contributed by atoms with Crippen LogP contribution in [0.2, 0.25) is 5.02 Å². The summed E-state index contributed by atoms with van der Waals surface area (Å²) in [7, 11) is 0. The summed E-state index contributed by atoms with van der Waals surface area (Å²) in [6.07, 6.45) is 2.62. The molecule has 2 rings (SSSR count). The van der Waals surface area contributed by atoms with Crippen molar-refractivity contribution >= 4 is 17.3 Å². The zero-order valence-corrected chi connectivity index (χ0v) is 11.4. The van der Waals surface area contributed by atoms with Gasteiger partial charge < -0.3 is 10.6 Å². The van der Waals surface area contributed by atoms with Crippen LogP contribution < -0.4 is 10.6 Å². The molecule has 0 aromatic heterocycles. The number of hydrogen-bond donors (Lipinski definition) is 2. The van der Waals surface area contributed by atoms with E-state index in [9.17, 15) is 0 Å². The average Bonchev–Trinajstić information content (AvgIpc) is 2.29. The van der Waals surface area contributed by atoms with E-state index >= 15 is 0 Å². The highest BCUT2D eigenvalue weighted by atomic mass is 35.5. The molecule has 1 atom stereocenters. The molecule has 3 heteroatoms. The molecule has 1 aliphatic heterocycles. The van der Waals surface area contributed by atoms with Gasteiger partial charge in [0.1, 0.15) is 0 Å². The van der Waals surface area contributed by atoms with Crippen LogP contribution in [0.5, 0.6) is 0 Å². The van der Waals surface area contributed by atoms with E-state index < -0.39 is 0 Å². The van der Waals surface area contributed by atoms with Crippen molar-refractivity contribution in [3.63, 3.8) is 0 Å². The topological polar surface area (TPSA) is 24.1 Å². The van der Waals surface area contributed by atoms with Gasteiger partial charge in [-0.05, 0) is 69.0 Å². The summed E-state index contributed by atoms with van der Waals surface area (Å²) < 4.78 is 0. The Morgan fingerprint density at radius 2 is 2.06 bits per heavy atom. The number of aryl methyl sites for hydroxylation is 2. The molecule has 1 heterocycles. The van der Waals surface area contributed by atoms with E-state index in [0.717, 1.165) is 24.0 Å². The van der Waals surface area contributed by atoms with Gasteiger partial charge in [-0.25, -0.2) is 0 Å². The highest BCUT2D eigenvalue weighted by Gasteiger charge is 2.13. The van der Waals surface area contributed by atoms with E-state index in [4.69, 9.17) is 11.6 Å². The second kappa shape index (κ2) is 5.74. The number of rotatable bonds is 3. The molecule has 1 fully saturated rings. The fraction of sp³-hybridized carbons (Fsp3) is 0.571. The zero-order valence-electron chi connectivity index (χ0n) is 10.6. The Balaban J connectivity index is 1.98. The summed E-state index contributed by atoms with van der Waals surface area (Å²) in [6, 6.07) is 4.05. The Bertz CT molecular complexity index is 361. The molecule has 1 saturated heterocycles. The molecule has 2 N–H and O–H groups in total. The van der Waals surface area contributed by atoms with E-state index in [1.165, 1.54) is 36.2 Å². The second-order valence-corrected chi connectivity index (χ2v) is 5.44. The van der Waals surface area contributed by atoms with Gasteiger partial charge in [0.2, 0.25) is 0 Å². The molecule has 0 aliphatic carbocycles. The third-order valence-corrected chi connectivity index (χ3v) is 3.68. The van der Waals surface area contributed by atoms with Crippen LogP contribution in [0.3, 0.4) is 0 Å². The number of benzene rings is 1. The Morgan fingerprint density at radius 1 is 1.35 bits per heavy atom. The van der Waals surface area contributed by atoms with E-state index in [1.54, 1.807) is 0 Å². The van der Waals surface area contributed by atoms with Crippen molar-refractivity contribution in [1.29, 1.82) is 0 Å². The molecule has 0 bridgehead atoms. The Hall–Kier alpha value is -0.730. The molecular formula is C14H21ClN2. The second-order valence-electron chi connectivity index (χ2n) is 5.01. The first kappa shape index (κ1) is 12.7. The largest absolute Gasteiger partial charge is 0.384 e. The first-order valence-corrected chi connectivity index (χ1v) is 6.76. The van der Waals surface area contributed by atoms with Gasteiger partial charge in [-0.3, -0.25) is 0 Å². The molecule has 1 aromatic rings. The van der Waals surface area contributed by atoms with Crippen LogP contribution in [-0.4, -0.2) is 19.6 Å². The van der Waals surface area contributed by atoms with Crippen LogP contribution in [0.4, 0.5) is 5.69 Å². The fourth-order valence-electron chi connectivity index (χ4n) is 2.53. The van der Waals surface area contributed by atoms with Gasteiger partial charge >= 0.3 is 0 Å². The standard InChI is InChI=1S/C14H21ClN2/c1-10-6-13(15)7-11(2)14(10)17-9-12-4-3-5-16-8-12/h6-7,12,16-17H,3-5,8-9H2,1-2H3. The van der Waals surface area contributed by atoms with Crippen molar-refractivity contribution in [2.75, 3.05) is 25.0 Å². The van der Waals surface area contributed by atoms with Gasteiger partial charge in [0.15, 0.2) is 0 Å². The smallest absolute Gasteiger partial charge is 0.0412 e. The van der Waals surface area contributed by atoms with Gasteiger partial charge in [-0.1, -0.05) is 11.6 Å². The summed E-state index contributed by atoms with van der Waals surface area (Å²) in [5.41, 5.74) is 3.72. The maximum Gasteiger partial charge on any atom is 0.0412 e. The molecule has 1 unspecified atom stereocenters. The molecule has 0 amide bonds. The first-order chi connectivity index (χ1) is 8.16. The third-order valence-electron chi connectivity index (χ3n) is 3.46. The van der Waals surface area contributed by atoms with E-state index in [2.05, 4.69) is 24.5 Å². The molecule has 94 valence electrons. The quantitative estimate of drug-likeness (QED) is 0.862. The Kier molecular flexibility index (Phi) is 4.30. The monoisotopic (exact) mass is 252 g/mol. The van der Waals surface area contributed by atoms with Crippen LogP contribution in [0, 0.1) is 19.8 Å². The van der Waals surface area contributed by atoms with Gasteiger partial charge in [-0.2, -0.15) is 0 Å². The first-order valence-electron chi connectivity index (χ1n) is 6.38. The van der Waals surface area contributed by atoms with E-state index in [-0.39, 0.29) is 0 Å². The van der Waals surface area contributed by atoms with E-state index in [0.29, 0.717) is 0 Å².